The molecule has 31 heavy (non-hydrogen) atoms. The molecule has 2 aromatic carbocycles. The van der Waals surface area contributed by atoms with E-state index in [4.69, 9.17) is 15.2 Å². The lowest BCUT2D eigenvalue weighted by atomic mass is 9.87. The molecule has 166 valence electrons. The van der Waals surface area contributed by atoms with Crippen molar-refractivity contribution in [2.75, 3.05) is 6.61 Å². The molecule has 0 saturated carbocycles. The van der Waals surface area contributed by atoms with Crippen LogP contribution in [0.2, 0.25) is 0 Å². The van der Waals surface area contributed by atoms with Crippen LogP contribution in [0.4, 0.5) is 4.79 Å². The van der Waals surface area contributed by atoms with E-state index in [0.29, 0.717) is 24.5 Å². The van der Waals surface area contributed by atoms with Gasteiger partial charge in [-0.1, -0.05) is 23.9 Å². The van der Waals surface area contributed by atoms with Gasteiger partial charge in [-0.3, -0.25) is 4.79 Å². The first-order chi connectivity index (χ1) is 14.6. The predicted molar refractivity (Wildman–Crippen MR) is 122 cm³/mol. The van der Waals surface area contributed by atoms with E-state index in [-0.39, 0.29) is 0 Å². The van der Waals surface area contributed by atoms with Crippen LogP contribution in [0.5, 0.6) is 17.2 Å². The number of fused-ring (bicyclic) bond motifs is 1. The average molecular weight is 444 g/mol. The van der Waals surface area contributed by atoms with Crippen molar-refractivity contribution in [1.82, 2.24) is 0 Å². The summed E-state index contributed by atoms with van der Waals surface area (Å²) in [6, 6.07) is 7.46. The third-order valence-electron chi connectivity index (χ3n) is 5.92. The molecule has 3 N–H and O–H groups in total. The molecule has 1 aliphatic rings. The maximum absolute atomic E-state index is 11.1. The molecule has 0 aliphatic carbocycles. The van der Waals surface area contributed by atoms with Crippen LogP contribution in [0.3, 0.4) is 0 Å². The molecule has 0 radical (unpaired) electrons. The van der Waals surface area contributed by atoms with Crippen molar-refractivity contribution in [2.24, 2.45) is 5.73 Å². The Hall–Kier alpha value is -2.67. The summed E-state index contributed by atoms with van der Waals surface area (Å²) in [6.45, 7) is 8.24. The van der Waals surface area contributed by atoms with Crippen molar-refractivity contribution in [3.8, 4) is 17.2 Å². The topological polar surface area (TPSA) is 98.9 Å². The van der Waals surface area contributed by atoms with Gasteiger partial charge in [0.15, 0.2) is 0 Å². The van der Waals surface area contributed by atoms with Gasteiger partial charge >= 0.3 is 0 Å². The molecule has 0 saturated heterocycles. The first-order valence-corrected chi connectivity index (χ1v) is 11.1. The lowest BCUT2D eigenvalue weighted by molar-refractivity contribution is -0.107. The summed E-state index contributed by atoms with van der Waals surface area (Å²) in [6.07, 6.45) is 2.77. The van der Waals surface area contributed by atoms with Crippen molar-refractivity contribution in [3.05, 3.63) is 52.1 Å². The number of amides is 1. The molecule has 0 bridgehead atoms. The third kappa shape index (κ3) is 5.15. The van der Waals surface area contributed by atoms with Gasteiger partial charge in [-0.2, -0.15) is 0 Å². The molecule has 1 heterocycles. The molecule has 0 fully saturated rings. The van der Waals surface area contributed by atoms with E-state index in [1.165, 1.54) is 0 Å². The molecule has 2 unspecified atom stereocenters. The number of nitrogens with two attached hydrogens (primary N) is 1. The highest BCUT2D eigenvalue weighted by Crippen LogP contribution is 2.43. The zero-order valence-corrected chi connectivity index (χ0v) is 19.2. The SMILES string of the molecule is Cc1c(C)c2c(c(C)c1O)CCC(C)(COc1ccc(CC(C=O)SC(N)=O)cc1)O2. The number of aromatic hydroxyl groups is 1. The number of aldehydes is 1. The summed E-state index contributed by atoms with van der Waals surface area (Å²) < 4.78 is 12.4. The molecule has 0 spiro atoms. The van der Waals surface area contributed by atoms with Gasteiger partial charge in [-0.15, -0.1) is 0 Å². The Morgan fingerprint density at radius 3 is 2.55 bits per heavy atom. The number of benzene rings is 2. The van der Waals surface area contributed by atoms with Crippen LogP contribution >= 0.6 is 11.8 Å². The van der Waals surface area contributed by atoms with Crippen LogP contribution in [0.15, 0.2) is 24.3 Å². The van der Waals surface area contributed by atoms with Crippen LogP contribution in [0, 0.1) is 20.8 Å². The number of phenols is 1. The van der Waals surface area contributed by atoms with Crippen LogP contribution in [0.1, 0.15) is 41.2 Å². The van der Waals surface area contributed by atoms with Crippen molar-refractivity contribution in [3.63, 3.8) is 0 Å². The van der Waals surface area contributed by atoms with Gasteiger partial charge in [-0.25, -0.2) is 0 Å². The van der Waals surface area contributed by atoms with Gasteiger partial charge in [0.1, 0.15) is 35.7 Å². The predicted octanol–water partition coefficient (Wildman–Crippen LogP) is 4.40. The van der Waals surface area contributed by atoms with Crippen molar-refractivity contribution < 1.29 is 24.2 Å². The summed E-state index contributed by atoms with van der Waals surface area (Å²) in [5.41, 5.74) is 9.37. The fourth-order valence-corrected chi connectivity index (χ4v) is 4.48. The largest absolute Gasteiger partial charge is 0.507 e. The summed E-state index contributed by atoms with van der Waals surface area (Å²) in [5, 5.41) is 9.29. The number of carbonyl (C=O) groups excluding carboxylic acids is 2. The lowest BCUT2D eigenvalue weighted by Gasteiger charge is -2.37. The normalized spacial score (nSPS) is 18.6. The molecule has 2 aromatic rings. The molecule has 3 rings (SSSR count). The second-order valence-electron chi connectivity index (χ2n) is 8.33. The summed E-state index contributed by atoms with van der Waals surface area (Å²) >= 11 is 0.833. The molecule has 7 heteroatoms. The van der Waals surface area contributed by atoms with Gasteiger partial charge in [0.25, 0.3) is 5.24 Å². The number of carbonyl (C=O) groups is 2. The fraction of sp³-hybridized carbons (Fsp3) is 0.417. The summed E-state index contributed by atoms with van der Waals surface area (Å²) in [7, 11) is 0. The van der Waals surface area contributed by atoms with Gasteiger partial charge < -0.3 is 25.1 Å². The van der Waals surface area contributed by atoms with E-state index < -0.39 is 16.1 Å². The maximum Gasteiger partial charge on any atom is 0.277 e. The Balaban J connectivity index is 1.65. The zero-order valence-electron chi connectivity index (χ0n) is 18.4. The number of primary amides is 1. The van der Waals surface area contributed by atoms with E-state index in [1.807, 2.05) is 52.0 Å². The molecular weight excluding hydrogens is 414 g/mol. The van der Waals surface area contributed by atoms with Crippen LogP contribution < -0.4 is 15.2 Å². The minimum Gasteiger partial charge on any atom is -0.507 e. The molecule has 2 atom stereocenters. The molecule has 1 amide bonds. The van der Waals surface area contributed by atoms with E-state index in [9.17, 15) is 14.7 Å². The van der Waals surface area contributed by atoms with Crippen molar-refractivity contribution in [2.45, 2.75) is 57.8 Å². The number of thioether (sulfide) groups is 1. The second-order valence-corrected chi connectivity index (χ2v) is 9.57. The minimum atomic E-state index is -0.560. The van der Waals surface area contributed by atoms with Crippen molar-refractivity contribution in [1.29, 1.82) is 0 Å². The highest BCUT2D eigenvalue weighted by Gasteiger charge is 2.35. The summed E-state index contributed by atoms with van der Waals surface area (Å²) in [5.74, 6) is 1.91. The summed E-state index contributed by atoms with van der Waals surface area (Å²) in [4.78, 5) is 22.1. The smallest absolute Gasteiger partial charge is 0.277 e. The fourth-order valence-electron chi connectivity index (χ4n) is 3.85. The van der Waals surface area contributed by atoms with Gasteiger partial charge in [0, 0.05) is 5.56 Å². The molecule has 0 aromatic heterocycles. The Morgan fingerprint density at radius 1 is 1.26 bits per heavy atom. The number of rotatable bonds is 7. The second kappa shape index (κ2) is 9.22. The maximum atomic E-state index is 11.1. The molecular formula is C24H29NO5S. The molecule has 6 nitrogen and oxygen atoms in total. The highest BCUT2D eigenvalue weighted by atomic mass is 32.2. The third-order valence-corrected chi connectivity index (χ3v) is 6.73. The quantitative estimate of drug-likeness (QED) is 0.616. The van der Waals surface area contributed by atoms with E-state index in [0.717, 1.165) is 64.5 Å². The van der Waals surface area contributed by atoms with E-state index in [2.05, 4.69) is 0 Å². The van der Waals surface area contributed by atoms with Crippen LogP contribution in [0.25, 0.3) is 0 Å². The highest BCUT2D eigenvalue weighted by molar-refractivity contribution is 8.14. The molecule has 1 aliphatic heterocycles. The van der Waals surface area contributed by atoms with Gasteiger partial charge in [0.2, 0.25) is 0 Å². The first kappa shape index (κ1) is 23.0. The van der Waals surface area contributed by atoms with Crippen molar-refractivity contribution >= 4 is 23.3 Å². The number of hydrogen-bond donors (Lipinski definition) is 2. The number of hydrogen-bond acceptors (Lipinski definition) is 6. The van der Waals surface area contributed by atoms with E-state index >= 15 is 0 Å². The zero-order chi connectivity index (χ0) is 22.8. The Bertz CT molecular complexity index is 989. The number of phenolic OH excluding ortho intramolecular Hbond substituents is 1. The Kier molecular flexibility index (Phi) is 6.84. The lowest BCUT2D eigenvalue weighted by Crippen LogP contribution is -2.42. The van der Waals surface area contributed by atoms with Crippen LogP contribution in [-0.2, 0) is 17.6 Å². The Labute approximate surface area is 187 Å². The van der Waals surface area contributed by atoms with Gasteiger partial charge in [-0.05, 0) is 81.3 Å². The first-order valence-electron chi connectivity index (χ1n) is 10.3. The Morgan fingerprint density at radius 2 is 1.94 bits per heavy atom. The average Bonchev–Trinajstić information content (AvgIpc) is 2.75. The monoisotopic (exact) mass is 443 g/mol. The minimum absolute atomic E-state index is 0.353. The van der Waals surface area contributed by atoms with Gasteiger partial charge in [0.05, 0.1) is 5.25 Å². The van der Waals surface area contributed by atoms with E-state index in [1.54, 1.807) is 0 Å². The van der Waals surface area contributed by atoms with Crippen LogP contribution in [-0.4, -0.2) is 34.1 Å². The standard InChI is InChI=1S/C24H29NO5S/c1-14-15(2)22-20(16(3)21(14)27)9-10-24(4,30-22)13-29-18-7-5-17(6-8-18)11-19(12-26)31-23(25)28/h5-8,12,19,27H,9-11,13H2,1-4H3,(H2,25,28). The number of ether oxygens (including phenoxy) is 2.